The fourth-order valence-corrected chi connectivity index (χ4v) is 2.66. The normalized spacial score (nSPS) is 16.0. The highest BCUT2D eigenvalue weighted by Gasteiger charge is 2.45. The zero-order valence-corrected chi connectivity index (χ0v) is 15.0. The number of para-hydroxylation sites is 2. The summed E-state index contributed by atoms with van der Waals surface area (Å²) in [6, 6.07) is 6.38. The van der Waals surface area contributed by atoms with E-state index in [0.29, 0.717) is 30.0 Å². The lowest BCUT2D eigenvalue weighted by Crippen LogP contribution is -2.46. The monoisotopic (exact) mass is 386 g/mol. The number of alkyl halides is 3. The van der Waals surface area contributed by atoms with Gasteiger partial charge in [0.15, 0.2) is 0 Å². The molecule has 0 spiro atoms. The first-order chi connectivity index (χ1) is 12.7. The van der Waals surface area contributed by atoms with Crippen molar-refractivity contribution in [1.29, 1.82) is 0 Å². The van der Waals surface area contributed by atoms with Crippen LogP contribution in [0.3, 0.4) is 0 Å². The van der Waals surface area contributed by atoms with Crippen LogP contribution in [0.15, 0.2) is 36.0 Å². The minimum Gasteiger partial charge on any atom is -0.495 e. The van der Waals surface area contributed by atoms with Gasteiger partial charge >= 0.3 is 18.1 Å². The van der Waals surface area contributed by atoms with Crippen LogP contribution in [0.4, 0.5) is 18.9 Å². The van der Waals surface area contributed by atoms with Crippen LogP contribution in [0.25, 0.3) is 0 Å². The van der Waals surface area contributed by atoms with Crippen LogP contribution in [0.2, 0.25) is 0 Å². The van der Waals surface area contributed by atoms with E-state index in [9.17, 15) is 22.8 Å². The van der Waals surface area contributed by atoms with Crippen molar-refractivity contribution < 1.29 is 32.2 Å². The molecule has 1 N–H and O–H groups in total. The van der Waals surface area contributed by atoms with E-state index in [4.69, 9.17) is 9.47 Å². The molecule has 9 heteroatoms. The fraction of sp³-hybridized carbons (Fsp3) is 0.444. The summed E-state index contributed by atoms with van der Waals surface area (Å²) in [7, 11) is 1.39. The van der Waals surface area contributed by atoms with Gasteiger partial charge in [-0.25, -0.2) is 5.01 Å². The molecule has 0 saturated carbocycles. The quantitative estimate of drug-likeness (QED) is 0.420. The molecule has 0 saturated heterocycles. The number of nitrogens with zero attached hydrogens (tertiary/aromatic N) is 1. The standard InChI is InChI=1S/C18H21F3N2O4/c1-12(24)27-9-5-6-13-10-14(11-13)23(17(25)18(19,20)21)22-15-7-3-4-8-16(15)26-2/h3-4,7-8,10,13,22H,5-6,9,11H2,1-2H3. The highest BCUT2D eigenvalue weighted by atomic mass is 19.4. The molecule has 0 aromatic heterocycles. The number of carbonyl (C=O) groups is 2. The average Bonchev–Trinajstić information content (AvgIpc) is 2.57. The second-order valence-corrected chi connectivity index (χ2v) is 6.05. The fourth-order valence-electron chi connectivity index (χ4n) is 2.66. The van der Waals surface area contributed by atoms with Gasteiger partial charge in [-0.15, -0.1) is 0 Å². The Morgan fingerprint density at radius 1 is 1.30 bits per heavy atom. The molecule has 27 heavy (non-hydrogen) atoms. The zero-order chi connectivity index (χ0) is 20.0. The molecule has 2 rings (SSSR count). The molecular weight excluding hydrogens is 365 g/mol. The number of anilines is 1. The number of hydrogen-bond acceptors (Lipinski definition) is 5. The molecule has 0 fully saturated rings. The Balaban J connectivity index is 2.07. The van der Waals surface area contributed by atoms with Gasteiger partial charge in [0.1, 0.15) is 5.75 Å². The molecule has 1 aromatic rings. The summed E-state index contributed by atoms with van der Waals surface area (Å²) in [4.78, 5) is 22.5. The van der Waals surface area contributed by atoms with Gasteiger partial charge < -0.3 is 9.47 Å². The van der Waals surface area contributed by atoms with Crippen molar-refractivity contribution in [3.8, 4) is 5.75 Å². The summed E-state index contributed by atoms with van der Waals surface area (Å²) in [5, 5.41) is 0.514. The van der Waals surface area contributed by atoms with Crippen LogP contribution >= 0.6 is 0 Å². The molecule has 1 aromatic carbocycles. The number of esters is 1. The van der Waals surface area contributed by atoms with E-state index >= 15 is 0 Å². The molecule has 6 nitrogen and oxygen atoms in total. The maximum absolute atomic E-state index is 13.0. The van der Waals surface area contributed by atoms with Gasteiger partial charge in [0.25, 0.3) is 0 Å². The first kappa shape index (κ1) is 20.6. The van der Waals surface area contributed by atoms with E-state index in [-0.39, 0.29) is 29.9 Å². The number of ether oxygens (including phenoxy) is 2. The first-order valence-electron chi connectivity index (χ1n) is 8.37. The summed E-state index contributed by atoms with van der Waals surface area (Å²) >= 11 is 0. The number of hydrazine groups is 1. The van der Waals surface area contributed by atoms with Crippen molar-refractivity contribution in [3.05, 3.63) is 36.0 Å². The number of methoxy groups -OCH3 is 1. The van der Waals surface area contributed by atoms with Crippen molar-refractivity contribution in [1.82, 2.24) is 5.01 Å². The molecule has 0 heterocycles. The van der Waals surface area contributed by atoms with Gasteiger partial charge in [-0.2, -0.15) is 13.2 Å². The number of allylic oxidation sites excluding steroid dienone is 2. The van der Waals surface area contributed by atoms with Crippen molar-refractivity contribution >= 4 is 17.6 Å². The maximum atomic E-state index is 13.0. The summed E-state index contributed by atoms with van der Waals surface area (Å²) in [6.45, 7) is 1.57. The molecule has 0 bridgehead atoms. The predicted molar refractivity (Wildman–Crippen MR) is 91.6 cm³/mol. The van der Waals surface area contributed by atoms with Crippen LogP contribution < -0.4 is 10.2 Å². The van der Waals surface area contributed by atoms with Crippen molar-refractivity contribution in [2.24, 2.45) is 5.92 Å². The number of halogens is 3. The lowest BCUT2D eigenvalue weighted by Gasteiger charge is -2.35. The summed E-state index contributed by atoms with van der Waals surface area (Å²) in [5.74, 6) is -2.03. The van der Waals surface area contributed by atoms with E-state index in [2.05, 4.69) is 5.43 Å². The van der Waals surface area contributed by atoms with Gasteiger partial charge in [-0.3, -0.25) is 15.0 Å². The Hall–Kier alpha value is -2.71. The third-order valence-electron chi connectivity index (χ3n) is 4.00. The molecule has 1 aliphatic carbocycles. The molecule has 1 unspecified atom stereocenters. The van der Waals surface area contributed by atoms with Crippen LogP contribution in [0.5, 0.6) is 5.75 Å². The van der Waals surface area contributed by atoms with E-state index in [0.717, 1.165) is 0 Å². The largest absolute Gasteiger partial charge is 0.495 e. The Kier molecular flexibility index (Phi) is 6.70. The number of hydrogen-bond donors (Lipinski definition) is 1. The molecule has 0 aliphatic heterocycles. The minimum absolute atomic E-state index is 0.0264. The number of carbonyl (C=O) groups excluding carboxylic acids is 2. The predicted octanol–water partition coefficient (Wildman–Crippen LogP) is 3.66. The molecule has 1 atom stereocenters. The van der Waals surface area contributed by atoms with Crippen LogP contribution in [-0.4, -0.2) is 36.8 Å². The van der Waals surface area contributed by atoms with E-state index in [1.807, 2.05) is 0 Å². The molecule has 148 valence electrons. The Morgan fingerprint density at radius 3 is 2.56 bits per heavy atom. The topological polar surface area (TPSA) is 67.9 Å². The molecule has 1 aliphatic rings. The zero-order valence-electron chi connectivity index (χ0n) is 15.0. The van der Waals surface area contributed by atoms with Crippen molar-refractivity contribution in [3.63, 3.8) is 0 Å². The third kappa shape index (κ3) is 5.63. The van der Waals surface area contributed by atoms with Gasteiger partial charge in [0.2, 0.25) is 0 Å². The lowest BCUT2D eigenvalue weighted by molar-refractivity contribution is -0.182. The first-order valence-corrected chi connectivity index (χ1v) is 8.37. The molecular formula is C18H21F3N2O4. The number of amides is 1. The third-order valence-corrected chi connectivity index (χ3v) is 4.00. The summed E-state index contributed by atoms with van der Waals surface area (Å²) in [6.07, 6.45) is -1.85. The van der Waals surface area contributed by atoms with E-state index < -0.39 is 12.1 Å². The van der Waals surface area contributed by atoms with Gasteiger partial charge in [-0.05, 0) is 37.3 Å². The summed E-state index contributed by atoms with van der Waals surface area (Å²) < 4.78 is 48.9. The number of rotatable bonds is 8. The Morgan fingerprint density at radius 2 is 1.96 bits per heavy atom. The van der Waals surface area contributed by atoms with Crippen molar-refractivity contribution in [2.75, 3.05) is 19.1 Å². The van der Waals surface area contributed by atoms with E-state index in [1.54, 1.807) is 24.3 Å². The minimum atomic E-state index is -5.02. The maximum Gasteiger partial charge on any atom is 0.473 e. The van der Waals surface area contributed by atoms with Crippen molar-refractivity contribution in [2.45, 2.75) is 32.4 Å². The van der Waals surface area contributed by atoms with Crippen LogP contribution in [0.1, 0.15) is 26.2 Å². The summed E-state index contributed by atoms with van der Waals surface area (Å²) in [5.41, 5.74) is 2.99. The second-order valence-electron chi connectivity index (χ2n) is 6.05. The Bertz CT molecular complexity index is 719. The highest BCUT2D eigenvalue weighted by molar-refractivity contribution is 5.85. The SMILES string of the molecule is COc1ccccc1NN(C(=O)C(F)(F)F)C1=CC(CCCOC(C)=O)C1. The number of nitrogens with one attached hydrogen (secondary N) is 1. The molecule has 0 radical (unpaired) electrons. The Labute approximate surface area is 154 Å². The van der Waals surface area contributed by atoms with Crippen LogP contribution in [0, 0.1) is 5.92 Å². The van der Waals surface area contributed by atoms with E-state index in [1.165, 1.54) is 20.1 Å². The smallest absolute Gasteiger partial charge is 0.473 e. The number of benzene rings is 1. The second kappa shape index (κ2) is 8.79. The lowest BCUT2D eigenvalue weighted by atomic mass is 9.87. The van der Waals surface area contributed by atoms with Gasteiger partial charge in [0.05, 0.1) is 19.4 Å². The average molecular weight is 386 g/mol. The molecule has 1 amide bonds. The highest BCUT2D eigenvalue weighted by Crippen LogP contribution is 2.36. The van der Waals surface area contributed by atoms with Crippen LogP contribution in [-0.2, 0) is 14.3 Å². The van der Waals surface area contributed by atoms with Gasteiger partial charge in [0, 0.05) is 12.6 Å². The van der Waals surface area contributed by atoms with Gasteiger partial charge in [-0.1, -0.05) is 18.2 Å².